The van der Waals surface area contributed by atoms with Gasteiger partial charge in [-0.25, -0.2) is 4.39 Å². The zero-order valence-corrected chi connectivity index (χ0v) is 16.0. The molecule has 2 nitrogen and oxygen atoms in total. The third-order valence-corrected chi connectivity index (χ3v) is 5.43. The summed E-state index contributed by atoms with van der Waals surface area (Å²) in [4.78, 5) is 2.28. The predicted octanol–water partition coefficient (Wildman–Crippen LogP) is 5.75. The Kier molecular flexibility index (Phi) is 4.68. The van der Waals surface area contributed by atoms with Crippen LogP contribution < -0.4 is 9.64 Å². The maximum atomic E-state index is 13.8. The molecule has 0 saturated heterocycles. The Morgan fingerprint density at radius 1 is 1.04 bits per heavy atom. The normalized spacial score (nSPS) is 16.3. The molecule has 26 heavy (non-hydrogen) atoms. The molecule has 0 aromatic heterocycles. The second-order valence-corrected chi connectivity index (χ2v) is 7.36. The fraction of sp³-hybridized carbons (Fsp3) is 0.182. The molecule has 1 unspecified atom stereocenters. The number of rotatable bonds is 3. The van der Waals surface area contributed by atoms with Gasteiger partial charge in [0.1, 0.15) is 11.6 Å². The van der Waals surface area contributed by atoms with Gasteiger partial charge in [0, 0.05) is 16.7 Å². The first kappa shape index (κ1) is 17.1. The summed E-state index contributed by atoms with van der Waals surface area (Å²) in [6.45, 7) is 0.824. The lowest BCUT2D eigenvalue weighted by atomic mass is 9.87. The summed E-state index contributed by atoms with van der Waals surface area (Å²) in [6, 6.07) is 21.5. The van der Waals surface area contributed by atoms with Crippen molar-refractivity contribution < 1.29 is 9.13 Å². The standard InChI is InChI=1S/C22H19BrFNO/c1-26-20-9-10-21-16(13-20)11-12-25(19-4-2-3-18(24)14-19)22(21)15-5-7-17(23)8-6-15/h2-10,13-14,22H,11-12H2,1H3. The van der Waals surface area contributed by atoms with Gasteiger partial charge < -0.3 is 9.64 Å². The Balaban J connectivity index is 1.85. The van der Waals surface area contributed by atoms with Crippen molar-refractivity contribution in [3.63, 3.8) is 0 Å². The van der Waals surface area contributed by atoms with Gasteiger partial charge in [-0.2, -0.15) is 0 Å². The van der Waals surface area contributed by atoms with E-state index in [0.29, 0.717) is 0 Å². The number of fused-ring (bicyclic) bond motifs is 1. The first-order valence-corrected chi connectivity index (χ1v) is 9.39. The lowest BCUT2D eigenvalue weighted by Gasteiger charge is -2.39. The Hall–Kier alpha value is -2.33. The lowest BCUT2D eigenvalue weighted by molar-refractivity contribution is 0.413. The van der Waals surface area contributed by atoms with Crippen LogP contribution in [0.25, 0.3) is 0 Å². The summed E-state index contributed by atoms with van der Waals surface area (Å²) < 4.78 is 20.3. The third-order valence-electron chi connectivity index (χ3n) is 4.90. The zero-order valence-electron chi connectivity index (χ0n) is 14.5. The summed E-state index contributed by atoms with van der Waals surface area (Å²) in [7, 11) is 1.69. The van der Waals surface area contributed by atoms with Crippen LogP contribution >= 0.6 is 15.9 Å². The SMILES string of the molecule is COc1ccc2c(c1)CCN(c1cccc(F)c1)C2c1ccc(Br)cc1. The molecule has 0 fully saturated rings. The molecule has 3 aromatic carbocycles. The van der Waals surface area contributed by atoms with Gasteiger partial charge in [0.2, 0.25) is 0 Å². The van der Waals surface area contributed by atoms with E-state index < -0.39 is 0 Å². The van der Waals surface area contributed by atoms with Crippen LogP contribution in [0.1, 0.15) is 22.7 Å². The van der Waals surface area contributed by atoms with Crippen molar-refractivity contribution in [3.8, 4) is 5.75 Å². The second kappa shape index (κ2) is 7.12. The summed E-state index contributed by atoms with van der Waals surface area (Å²) in [5.41, 5.74) is 4.61. The second-order valence-electron chi connectivity index (χ2n) is 6.44. The van der Waals surface area contributed by atoms with E-state index in [1.165, 1.54) is 22.8 Å². The van der Waals surface area contributed by atoms with Crippen LogP contribution in [0, 0.1) is 5.82 Å². The molecule has 0 saturated carbocycles. The number of anilines is 1. The van der Waals surface area contributed by atoms with Crippen LogP contribution in [0.2, 0.25) is 0 Å². The van der Waals surface area contributed by atoms with E-state index in [-0.39, 0.29) is 11.9 Å². The van der Waals surface area contributed by atoms with Gasteiger partial charge in [0.15, 0.2) is 0 Å². The monoisotopic (exact) mass is 411 g/mol. The quantitative estimate of drug-likeness (QED) is 0.543. The first-order chi connectivity index (χ1) is 12.7. The van der Waals surface area contributed by atoms with Gasteiger partial charge in [0.05, 0.1) is 13.2 Å². The highest BCUT2D eigenvalue weighted by molar-refractivity contribution is 9.10. The molecule has 0 N–H and O–H groups in total. The molecular weight excluding hydrogens is 393 g/mol. The van der Waals surface area contributed by atoms with E-state index in [9.17, 15) is 4.39 Å². The van der Waals surface area contributed by atoms with Crippen molar-refractivity contribution in [2.45, 2.75) is 12.5 Å². The average molecular weight is 412 g/mol. The minimum absolute atomic E-state index is 0.0413. The van der Waals surface area contributed by atoms with Crippen molar-refractivity contribution >= 4 is 21.6 Å². The molecular formula is C22H19BrFNO. The fourth-order valence-electron chi connectivity index (χ4n) is 3.67. The van der Waals surface area contributed by atoms with Gasteiger partial charge in [-0.1, -0.05) is 40.2 Å². The van der Waals surface area contributed by atoms with Gasteiger partial charge in [-0.05, 0) is 65.6 Å². The maximum Gasteiger partial charge on any atom is 0.125 e. The highest BCUT2D eigenvalue weighted by Gasteiger charge is 2.29. The molecule has 1 aliphatic heterocycles. The Morgan fingerprint density at radius 2 is 1.85 bits per heavy atom. The van der Waals surface area contributed by atoms with Gasteiger partial charge in [0.25, 0.3) is 0 Å². The molecule has 0 aliphatic carbocycles. The van der Waals surface area contributed by atoms with Crippen LogP contribution in [0.4, 0.5) is 10.1 Å². The van der Waals surface area contributed by atoms with Crippen molar-refractivity contribution in [3.05, 3.63) is 93.7 Å². The van der Waals surface area contributed by atoms with Gasteiger partial charge >= 0.3 is 0 Å². The number of halogens is 2. The van der Waals surface area contributed by atoms with E-state index in [2.05, 4.69) is 57.2 Å². The average Bonchev–Trinajstić information content (AvgIpc) is 2.67. The molecule has 0 radical (unpaired) electrons. The molecule has 0 amide bonds. The predicted molar refractivity (Wildman–Crippen MR) is 106 cm³/mol. The molecule has 4 rings (SSSR count). The lowest BCUT2D eigenvalue weighted by Crippen LogP contribution is -2.36. The number of ether oxygens (including phenoxy) is 1. The smallest absolute Gasteiger partial charge is 0.125 e. The summed E-state index contributed by atoms with van der Waals surface area (Å²) in [5.74, 6) is 0.662. The van der Waals surface area contributed by atoms with E-state index in [1.54, 1.807) is 19.2 Å². The molecule has 0 bridgehead atoms. The number of methoxy groups -OCH3 is 1. The van der Waals surface area contributed by atoms with E-state index in [4.69, 9.17) is 4.74 Å². The molecule has 132 valence electrons. The van der Waals surface area contributed by atoms with E-state index >= 15 is 0 Å². The Bertz CT molecular complexity index is 926. The topological polar surface area (TPSA) is 12.5 Å². The molecule has 1 heterocycles. The van der Waals surface area contributed by atoms with Crippen molar-refractivity contribution in [1.82, 2.24) is 0 Å². The first-order valence-electron chi connectivity index (χ1n) is 8.60. The largest absolute Gasteiger partial charge is 0.497 e. The van der Waals surface area contributed by atoms with Crippen molar-refractivity contribution in [2.75, 3.05) is 18.6 Å². The van der Waals surface area contributed by atoms with Crippen LogP contribution in [-0.2, 0) is 6.42 Å². The van der Waals surface area contributed by atoms with Gasteiger partial charge in [-0.15, -0.1) is 0 Å². The summed E-state index contributed by atoms with van der Waals surface area (Å²) >= 11 is 3.51. The van der Waals surface area contributed by atoms with Crippen LogP contribution in [0.3, 0.4) is 0 Å². The number of hydrogen-bond donors (Lipinski definition) is 0. The van der Waals surface area contributed by atoms with Crippen LogP contribution in [0.5, 0.6) is 5.75 Å². The van der Waals surface area contributed by atoms with Crippen LogP contribution in [-0.4, -0.2) is 13.7 Å². The number of hydrogen-bond acceptors (Lipinski definition) is 2. The Labute approximate surface area is 161 Å². The fourth-order valence-corrected chi connectivity index (χ4v) is 3.93. The molecule has 1 atom stereocenters. The summed E-state index contributed by atoms with van der Waals surface area (Å²) in [5, 5.41) is 0. The minimum atomic E-state index is -0.211. The van der Waals surface area contributed by atoms with Crippen LogP contribution in [0.15, 0.2) is 71.2 Å². The van der Waals surface area contributed by atoms with Crippen molar-refractivity contribution in [2.24, 2.45) is 0 Å². The number of nitrogens with zero attached hydrogens (tertiary/aromatic N) is 1. The van der Waals surface area contributed by atoms with E-state index in [1.807, 2.05) is 12.1 Å². The highest BCUT2D eigenvalue weighted by atomic mass is 79.9. The molecule has 4 heteroatoms. The molecule has 0 spiro atoms. The van der Waals surface area contributed by atoms with Gasteiger partial charge in [-0.3, -0.25) is 0 Å². The highest BCUT2D eigenvalue weighted by Crippen LogP contribution is 2.39. The minimum Gasteiger partial charge on any atom is -0.497 e. The zero-order chi connectivity index (χ0) is 18.1. The maximum absolute atomic E-state index is 13.8. The Morgan fingerprint density at radius 3 is 2.58 bits per heavy atom. The number of benzene rings is 3. The third kappa shape index (κ3) is 3.21. The van der Waals surface area contributed by atoms with E-state index in [0.717, 1.165) is 28.9 Å². The summed E-state index contributed by atoms with van der Waals surface area (Å²) in [6.07, 6.45) is 0.899. The molecule has 3 aromatic rings. The van der Waals surface area contributed by atoms with Crippen molar-refractivity contribution in [1.29, 1.82) is 0 Å². The molecule has 1 aliphatic rings.